The van der Waals surface area contributed by atoms with E-state index in [1.807, 2.05) is 0 Å². The molecule has 0 unspecified atom stereocenters. The van der Waals surface area contributed by atoms with E-state index >= 15 is 0 Å². The summed E-state index contributed by atoms with van der Waals surface area (Å²) in [6.45, 7) is 3.51. The molecule has 0 aromatic heterocycles. The summed E-state index contributed by atoms with van der Waals surface area (Å²) >= 11 is 0. The van der Waals surface area contributed by atoms with E-state index in [9.17, 15) is 9.18 Å². The monoisotopic (exact) mass is 222 g/mol. The Morgan fingerprint density at radius 2 is 2.12 bits per heavy atom. The lowest BCUT2D eigenvalue weighted by Gasteiger charge is -2.31. The molecule has 1 heterocycles. The normalized spacial score (nSPS) is 16.2. The molecule has 1 N–H and O–H groups in total. The maximum absolute atomic E-state index is 13.2. The van der Waals surface area contributed by atoms with Gasteiger partial charge in [0.05, 0.1) is 0 Å². The number of rotatable bonds is 3. The smallest absolute Gasteiger partial charge is 0.125 e. The fourth-order valence-corrected chi connectivity index (χ4v) is 2.00. The molecule has 1 aliphatic heterocycles. The third-order valence-electron chi connectivity index (χ3n) is 2.81. The van der Waals surface area contributed by atoms with Crippen molar-refractivity contribution >= 4 is 12.0 Å². The molecule has 0 spiro atoms. The summed E-state index contributed by atoms with van der Waals surface area (Å²) in [5.74, 6) is -0.247. The minimum Gasteiger partial charge on any atom is -0.369 e. The SMILES string of the molecule is O=CCc1ccc(F)cc1N1CCNCC1. The van der Waals surface area contributed by atoms with Crippen LogP contribution in [0.5, 0.6) is 0 Å². The molecule has 0 saturated carbocycles. The lowest BCUT2D eigenvalue weighted by molar-refractivity contribution is -0.107. The molecule has 0 bridgehead atoms. The Kier molecular flexibility index (Phi) is 3.51. The number of hydrogen-bond donors (Lipinski definition) is 1. The molecule has 1 saturated heterocycles. The lowest BCUT2D eigenvalue weighted by Crippen LogP contribution is -2.43. The van der Waals surface area contributed by atoms with Crippen molar-refractivity contribution in [3.63, 3.8) is 0 Å². The first-order chi connectivity index (χ1) is 7.81. The number of anilines is 1. The highest BCUT2D eigenvalue weighted by molar-refractivity contribution is 5.64. The molecule has 1 aliphatic rings. The predicted octanol–water partition coefficient (Wildman–Crippen LogP) is 0.977. The standard InChI is InChI=1S/C12H15FN2O/c13-11-2-1-10(3-8-16)12(9-11)15-6-4-14-5-7-15/h1-2,8-9,14H,3-7H2. The number of carbonyl (C=O) groups excluding carboxylic acids is 1. The fraction of sp³-hybridized carbons (Fsp3) is 0.417. The average molecular weight is 222 g/mol. The summed E-state index contributed by atoms with van der Waals surface area (Å²) in [6.07, 6.45) is 1.21. The van der Waals surface area contributed by atoms with Gasteiger partial charge in [0.15, 0.2) is 0 Å². The van der Waals surface area contributed by atoms with Crippen LogP contribution in [0.1, 0.15) is 5.56 Å². The van der Waals surface area contributed by atoms with Gasteiger partial charge in [0.2, 0.25) is 0 Å². The van der Waals surface area contributed by atoms with Crippen LogP contribution in [0, 0.1) is 5.82 Å². The maximum Gasteiger partial charge on any atom is 0.125 e. The van der Waals surface area contributed by atoms with Crippen LogP contribution in [-0.2, 0) is 11.2 Å². The Bertz CT molecular complexity index is 375. The highest BCUT2D eigenvalue weighted by Crippen LogP contribution is 2.22. The molecule has 0 amide bonds. The molecular formula is C12H15FN2O. The molecule has 86 valence electrons. The zero-order valence-electron chi connectivity index (χ0n) is 9.08. The summed E-state index contributed by atoms with van der Waals surface area (Å²) in [4.78, 5) is 12.7. The van der Waals surface area contributed by atoms with Gasteiger partial charge in [0.25, 0.3) is 0 Å². The van der Waals surface area contributed by atoms with Crippen molar-refractivity contribution in [2.24, 2.45) is 0 Å². The number of halogens is 1. The van der Waals surface area contributed by atoms with Crippen LogP contribution in [0.4, 0.5) is 10.1 Å². The van der Waals surface area contributed by atoms with Crippen molar-refractivity contribution < 1.29 is 9.18 Å². The summed E-state index contributed by atoms with van der Waals surface area (Å²) in [6, 6.07) is 4.62. The van der Waals surface area contributed by atoms with Crippen LogP contribution in [0.15, 0.2) is 18.2 Å². The van der Waals surface area contributed by atoms with Crippen molar-refractivity contribution in [2.75, 3.05) is 31.1 Å². The van der Waals surface area contributed by atoms with Gasteiger partial charge >= 0.3 is 0 Å². The largest absolute Gasteiger partial charge is 0.369 e. The molecule has 4 heteroatoms. The van der Waals surface area contributed by atoms with Crippen molar-refractivity contribution in [3.05, 3.63) is 29.6 Å². The second-order valence-electron chi connectivity index (χ2n) is 3.88. The van der Waals surface area contributed by atoms with Gasteiger partial charge in [-0.2, -0.15) is 0 Å². The van der Waals surface area contributed by atoms with E-state index in [-0.39, 0.29) is 5.82 Å². The Hall–Kier alpha value is -1.42. The second kappa shape index (κ2) is 5.07. The maximum atomic E-state index is 13.2. The number of carbonyl (C=O) groups is 1. The van der Waals surface area contributed by atoms with Crippen molar-refractivity contribution in [3.8, 4) is 0 Å². The van der Waals surface area contributed by atoms with Crippen molar-refractivity contribution in [1.82, 2.24) is 5.32 Å². The molecule has 1 aromatic carbocycles. The Morgan fingerprint density at radius 3 is 2.81 bits per heavy atom. The first kappa shape index (κ1) is 11.1. The van der Waals surface area contributed by atoms with Gasteiger partial charge in [-0.3, -0.25) is 0 Å². The van der Waals surface area contributed by atoms with Gasteiger partial charge in [-0.25, -0.2) is 4.39 Å². The van der Waals surface area contributed by atoms with E-state index in [1.54, 1.807) is 6.07 Å². The number of aldehydes is 1. The van der Waals surface area contributed by atoms with Crippen LogP contribution in [0.3, 0.4) is 0 Å². The number of hydrogen-bond acceptors (Lipinski definition) is 3. The fourth-order valence-electron chi connectivity index (χ4n) is 2.00. The topological polar surface area (TPSA) is 32.3 Å². The van der Waals surface area contributed by atoms with E-state index in [4.69, 9.17) is 0 Å². The molecule has 0 radical (unpaired) electrons. The molecule has 0 atom stereocenters. The Labute approximate surface area is 94.3 Å². The quantitative estimate of drug-likeness (QED) is 0.774. The summed E-state index contributed by atoms with van der Waals surface area (Å²) in [5, 5.41) is 3.25. The van der Waals surface area contributed by atoms with E-state index in [0.29, 0.717) is 6.42 Å². The first-order valence-corrected chi connectivity index (χ1v) is 5.49. The van der Waals surface area contributed by atoms with Crippen molar-refractivity contribution in [1.29, 1.82) is 0 Å². The van der Waals surface area contributed by atoms with Gasteiger partial charge in [-0.1, -0.05) is 6.07 Å². The van der Waals surface area contributed by atoms with E-state index < -0.39 is 0 Å². The van der Waals surface area contributed by atoms with Crippen LogP contribution in [0.2, 0.25) is 0 Å². The predicted molar refractivity (Wildman–Crippen MR) is 61.3 cm³/mol. The average Bonchev–Trinajstić information content (AvgIpc) is 2.33. The van der Waals surface area contributed by atoms with Gasteiger partial charge in [-0.15, -0.1) is 0 Å². The highest BCUT2D eigenvalue weighted by Gasteiger charge is 2.14. The molecule has 0 aliphatic carbocycles. The zero-order chi connectivity index (χ0) is 11.4. The van der Waals surface area contributed by atoms with Gasteiger partial charge in [-0.05, 0) is 17.7 Å². The zero-order valence-corrected chi connectivity index (χ0v) is 9.08. The van der Waals surface area contributed by atoms with Crippen molar-refractivity contribution in [2.45, 2.75) is 6.42 Å². The minimum absolute atomic E-state index is 0.247. The lowest BCUT2D eigenvalue weighted by atomic mass is 10.1. The summed E-state index contributed by atoms with van der Waals surface area (Å²) < 4.78 is 13.2. The van der Waals surface area contributed by atoms with Gasteiger partial charge in [0.1, 0.15) is 12.1 Å². The Balaban J connectivity index is 2.27. The number of nitrogens with one attached hydrogen (secondary N) is 1. The van der Waals surface area contributed by atoms with E-state index in [2.05, 4.69) is 10.2 Å². The molecule has 2 rings (SSSR count). The van der Waals surface area contributed by atoms with Crippen LogP contribution in [0.25, 0.3) is 0 Å². The van der Waals surface area contributed by atoms with Gasteiger partial charge in [0, 0.05) is 38.3 Å². The third kappa shape index (κ3) is 2.39. The number of benzene rings is 1. The third-order valence-corrected chi connectivity index (χ3v) is 2.81. The van der Waals surface area contributed by atoms with Crippen LogP contribution >= 0.6 is 0 Å². The van der Waals surface area contributed by atoms with Gasteiger partial charge < -0.3 is 15.0 Å². The van der Waals surface area contributed by atoms with Crippen LogP contribution < -0.4 is 10.2 Å². The van der Waals surface area contributed by atoms with E-state index in [1.165, 1.54) is 12.1 Å². The molecule has 1 fully saturated rings. The Morgan fingerprint density at radius 1 is 1.38 bits per heavy atom. The van der Waals surface area contributed by atoms with Crippen LogP contribution in [-0.4, -0.2) is 32.5 Å². The molecular weight excluding hydrogens is 207 g/mol. The second-order valence-corrected chi connectivity index (χ2v) is 3.88. The summed E-state index contributed by atoms with van der Waals surface area (Å²) in [5.41, 5.74) is 1.76. The molecule has 16 heavy (non-hydrogen) atoms. The van der Waals surface area contributed by atoms with E-state index in [0.717, 1.165) is 43.7 Å². The molecule has 3 nitrogen and oxygen atoms in total. The number of piperazine rings is 1. The first-order valence-electron chi connectivity index (χ1n) is 5.49. The summed E-state index contributed by atoms with van der Waals surface area (Å²) in [7, 11) is 0. The number of nitrogens with zero attached hydrogens (tertiary/aromatic N) is 1. The molecule has 1 aromatic rings. The minimum atomic E-state index is -0.247. The highest BCUT2D eigenvalue weighted by atomic mass is 19.1.